The molecule has 1 saturated heterocycles. The van der Waals surface area contributed by atoms with Crippen LogP contribution in [0, 0.1) is 0 Å². The summed E-state index contributed by atoms with van der Waals surface area (Å²) in [5.74, 6) is 0. The Hall–Kier alpha value is 0.750. The van der Waals surface area contributed by atoms with Crippen LogP contribution < -0.4 is 11.1 Å². The van der Waals surface area contributed by atoms with Gasteiger partial charge in [-0.05, 0) is 0 Å². The molecule has 0 amide bonds. The summed E-state index contributed by atoms with van der Waals surface area (Å²) in [6.45, 7) is 6.43. The predicted octanol–water partition coefficient (Wildman–Crippen LogP) is 0.116. The maximum Gasteiger partial charge on any atom is 0.0108 e. The number of nitrogens with zero attached hydrogens (tertiary/aromatic N) is 1. The molecule has 3 nitrogen and oxygen atoms in total. The van der Waals surface area contributed by atoms with Gasteiger partial charge in [-0.25, -0.2) is 0 Å². The molecule has 1 aliphatic rings. The molecule has 0 radical (unpaired) electrons. The Bertz CT molecular complexity index is 75.7. The lowest BCUT2D eigenvalue weighted by Crippen LogP contribution is -2.45. The lowest BCUT2D eigenvalue weighted by Gasteiger charge is -2.26. The zero-order chi connectivity index (χ0) is 6.53. The first-order chi connectivity index (χ1) is 4.43. The summed E-state index contributed by atoms with van der Waals surface area (Å²) in [4.78, 5) is 2.39. The van der Waals surface area contributed by atoms with E-state index in [0.717, 1.165) is 39.3 Å². The molecule has 0 spiro atoms. The minimum atomic E-state index is 0. The molecule has 0 unspecified atom stereocenters. The molecule has 1 aliphatic heterocycles. The molecule has 3 N–H and O–H groups in total. The van der Waals surface area contributed by atoms with Gasteiger partial charge in [0, 0.05) is 39.3 Å². The maximum absolute atomic E-state index is 5.40. The van der Waals surface area contributed by atoms with Crippen LogP contribution in [0.3, 0.4) is 0 Å². The van der Waals surface area contributed by atoms with E-state index in [2.05, 4.69) is 10.2 Å². The molecular weight excluding hydrogens is 220 g/mol. The van der Waals surface area contributed by atoms with Gasteiger partial charge in [-0.3, -0.25) is 4.90 Å². The van der Waals surface area contributed by atoms with Crippen molar-refractivity contribution in [3.8, 4) is 0 Å². The van der Waals surface area contributed by atoms with E-state index in [0.29, 0.717) is 0 Å². The van der Waals surface area contributed by atoms with Gasteiger partial charge in [0.25, 0.3) is 0 Å². The van der Waals surface area contributed by atoms with Crippen LogP contribution >= 0.6 is 37.2 Å². The summed E-state index contributed by atoms with van der Waals surface area (Å²) in [6.07, 6.45) is 0. The second-order valence-corrected chi connectivity index (χ2v) is 2.38. The average Bonchev–Trinajstić information content (AvgIpc) is 1.91. The lowest BCUT2D eigenvalue weighted by atomic mass is 10.3. The number of hydrogen-bond acceptors (Lipinski definition) is 3. The molecule has 1 rings (SSSR count). The second-order valence-electron chi connectivity index (χ2n) is 2.38. The van der Waals surface area contributed by atoms with Gasteiger partial charge in [0.1, 0.15) is 0 Å². The van der Waals surface area contributed by atoms with Gasteiger partial charge in [-0.2, -0.15) is 0 Å². The normalized spacial score (nSPS) is 16.8. The summed E-state index contributed by atoms with van der Waals surface area (Å²) < 4.78 is 0. The Labute approximate surface area is 92.7 Å². The molecule has 0 bridgehead atoms. The minimum absolute atomic E-state index is 0. The third kappa shape index (κ3) is 7.40. The smallest absolute Gasteiger partial charge is 0.0108 e. The Morgan fingerprint density at radius 2 is 1.58 bits per heavy atom. The van der Waals surface area contributed by atoms with Crippen LogP contribution in [-0.2, 0) is 0 Å². The molecule has 1 heterocycles. The molecule has 78 valence electrons. The number of nitrogens with one attached hydrogen (secondary N) is 1. The zero-order valence-electron chi connectivity index (χ0n) is 6.99. The maximum atomic E-state index is 5.40. The SMILES string of the molecule is Cl.Cl.Cl.NCCN1CCNCC1. The number of piperazine rings is 1. The van der Waals surface area contributed by atoms with Crippen LogP contribution in [0.25, 0.3) is 0 Å². The first-order valence-corrected chi connectivity index (χ1v) is 3.56. The molecule has 12 heavy (non-hydrogen) atoms. The van der Waals surface area contributed by atoms with E-state index in [4.69, 9.17) is 5.73 Å². The van der Waals surface area contributed by atoms with Crippen molar-refractivity contribution >= 4 is 37.2 Å². The van der Waals surface area contributed by atoms with E-state index >= 15 is 0 Å². The van der Waals surface area contributed by atoms with Gasteiger partial charge in [-0.15, -0.1) is 37.2 Å². The van der Waals surface area contributed by atoms with Crippen molar-refractivity contribution in [2.45, 2.75) is 0 Å². The Morgan fingerprint density at radius 3 is 2.00 bits per heavy atom. The summed E-state index contributed by atoms with van der Waals surface area (Å²) in [5.41, 5.74) is 5.40. The molecule has 0 atom stereocenters. The third-order valence-corrected chi connectivity index (χ3v) is 1.65. The number of nitrogens with two attached hydrogens (primary N) is 1. The van der Waals surface area contributed by atoms with E-state index in [9.17, 15) is 0 Å². The standard InChI is InChI=1S/C6H15N3.3ClH/c7-1-4-9-5-2-8-3-6-9;;;/h8H,1-7H2;3*1H. The quantitative estimate of drug-likeness (QED) is 0.718. The zero-order valence-corrected chi connectivity index (χ0v) is 9.44. The van der Waals surface area contributed by atoms with Crippen molar-refractivity contribution in [2.75, 3.05) is 39.3 Å². The predicted molar refractivity (Wildman–Crippen MR) is 60.1 cm³/mol. The summed E-state index contributed by atoms with van der Waals surface area (Å²) >= 11 is 0. The highest BCUT2D eigenvalue weighted by Gasteiger charge is 2.06. The van der Waals surface area contributed by atoms with Gasteiger partial charge in [0.05, 0.1) is 0 Å². The molecule has 0 saturated carbocycles. The largest absolute Gasteiger partial charge is 0.329 e. The summed E-state index contributed by atoms with van der Waals surface area (Å²) in [6, 6.07) is 0. The van der Waals surface area contributed by atoms with E-state index in [1.165, 1.54) is 0 Å². The first-order valence-electron chi connectivity index (χ1n) is 3.56. The molecule has 0 aromatic rings. The van der Waals surface area contributed by atoms with Crippen LogP contribution in [0.15, 0.2) is 0 Å². The Morgan fingerprint density at radius 1 is 1.08 bits per heavy atom. The molecule has 0 aromatic carbocycles. The van der Waals surface area contributed by atoms with E-state index in [-0.39, 0.29) is 37.2 Å². The molecule has 1 fully saturated rings. The molecule has 6 heteroatoms. The number of rotatable bonds is 2. The Kier molecular flexibility index (Phi) is 18.1. The van der Waals surface area contributed by atoms with Crippen LogP contribution in [0.2, 0.25) is 0 Å². The fourth-order valence-corrected chi connectivity index (χ4v) is 1.12. The number of halogens is 3. The van der Waals surface area contributed by atoms with Crippen molar-refractivity contribution in [2.24, 2.45) is 5.73 Å². The van der Waals surface area contributed by atoms with Crippen LogP contribution in [0.1, 0.15) is 0 Å². The highest BCUT2D eigenvalue weighted by atomic mass is 35.5. The van der Waals surface area contributed by atoms with Gasteiger partial charge < -0.3 is 11.1 Å². The van der Waals surface area contributed by atoms with Crippen molar-refractivity contribution in [3.63, 3.8) is 0 Å². The van der Waals surface area contributed by atoms with E-state index < -0.39 is 0 Å². The fraction of sp³-hybridized carbons (Fsp3) is 1.00. The van der Waals surface area contributed by atoms with E-state index in [1.54, 1.807) is 0 Å². The van der Waals surface area contributed by atoms with Crippen molar-refractivity contribution in [1.82, 2.24) is 10.2 Å². The van der Waals surface area contributed by atoms with Crippen LogP contribution in [0.5, 0.6) is 0 Å². The lowest BCUT2D eigenvalue weighted by molar-refractivity contribution is 0.247. The fourth-order valence-electron chi connectivity index (χ4n) is 1.12. The monoisotopic (exact) mass is 237 g/mol. The van der Waals surface area contributed by atoms with Gasteiger partial charge >= 0.3 is 0 Å². The summed E-state index contributed by atoms with van der Waals surface area (Å²) in [7, 11) is 0. The van der Waals surface area contributed by atoms with Crippen molar-refractivity contribution in [1.29, 1.82) is 0 Å². The van der Waals surface area contributed by atoms with Gasteiger partial charge in [-0.1, -0.05) is 0 Å². The average molecular weight is 239 g/mol. The highest BCUT2D eigenvalue weighted by molar-refractivity contribution is 5.86. The second kappa shape index (κ2) is 11.8. The van der Waals surface area contributed by atoms with Crippen LogP contribution in [-0.4, -0.2) is 44.2 Å². The molecule has 0 aliphatic carbocycles. The highest BCUT2D eigenvalue weighted by Crippen LogP contribution is 1.88. The molecular formula is C6H18Cl3N3. The van der Waals surface area contributed by atoms with Gasteiger partial charge in [0.15, 0.2) is 0 Å². The van der Waals surface area contributed by atoms with E-state index in [1.807, 2.05) is 0 Å². The topological polar surface area (TPSA) is 41.3 Å². The van der Waals surface area contributed by atoms with Crippen molar-refractivity contribution in [3.05, 3.63) is 0 Å². The van der Waals surface area contributed by atoms with Crippen LogP contribution in [0.4, 0.5) is 0 Å². The minimum Gasteiger partial charge on any atom is -0.329 e. The summed E-state index contributed by atoms with van der Waals surface area (Å²) in [5, 5.41) is 3.29. The number of hydrogen-bond donors (Lipinski definition) is 2. The molecule has 0 aromatic heterocycles. The first kappa shape index (κ1) is 18.5. The van der Waals surface area contributed by atoms with Crippen molar-refractivity contribution < 1.29 is 0 Å². The Balaban J connectivity index is -0.000000270. The van der Waals surface area contributed by atoms with Gasteiger partial charge in [0.2, 0.25) is 0 Å². The third-order valence-electron chi connectivity index (χ3n) is 1.65.